The lowest BCUT2D eigenvalue weighted by Crippen LogP contribution is -1.77. The van der Waals surface area contributed by atoms with Crippen molar-refractivity contribution < 1.29 is 0 Å². The molecular formula is C26H18. The van der Waals surface area contributed by atoms with Gasteiger partial charge in [0, 0.05) is 11.1 Å². The van der Waals surface area contributed by atoms with Crippen LogP contribution in [0, 0.1) is 24.7 Å². The third-order valence-electron chi connectivity index (χ3n) is 4.03. The Balaban J connectivity index is 1.65. The van der Waals surface area contributed by atoms with Crippen molar-refractivity contribution in [1.82, 2.24) is 0 Å². The van der Waals surface area contributed by atoms with E-state index in [1.807, 2.05) is 48.5 Å². The third-order valence-corrected chi connectivity index (χ3v) is 4.03. The van der Waals surface area contributed by atoms with Crippen molar-refractivity contribution in [1.29, 1.82) is 0 Å². The van der Waals surface area contributed by atoms with Crippen LogP contribution in [0.1, 0.15) is 33.4 Å². The van der Waals surface area contributed by atoms with Crippen LogP contribution in [0.3, 0.4) is 0 Å². The molecule has 3 aromatic rings. The summed E-state index contributed by atoms with van der Waals surface area (Å²) in [5, 5.41) is 0. The summed E-state index contributed by atoms with van der Waals surface area (Å²) in [5.74, 6) is 5.25. The number of hydrogen-bond donors (Lipinski definition) is 0. The molecule has 0 aliphatic rings. The molecule has 0 nitrogen and oxygen atoms in total. The second-order valence-corrected chi connectivity index (χ2v) is 5.87. The Morgan fingerprint density at radius 1 is 0.423 bits per heavy atom. The Morgan fingerprint density at radius 3 is 0.885 bits per heavy atom. The maximum absolute atomic E-state index is 5.37. The SMILES string of the molecule is C#Cc1ccc(/C=C\c2ccc(/C=C\c3ccc(C#C)cc3)cc2)cc1. The topological polar surface area (TPSA) is 0 Å². The fourth-order valence-electron chi connectivity index (χ4n) is 2.48. The summed E-state index contributed by atoms with van der Waals surface area (Å²) in [6, 6.07) is 24.3. The van der Waals surface area contributed by atoms with E-state index in [0.29, 0.717) is 0 Å². The van der Waals surface area contributed by atoms with E-state index in [9.17, 15) is 0 Å². The standard InChI is InChI=1S/C26H18/c1-3-21-5-9-23(10-6-21)13-15-25-17-19-26(20-18-25)16-14-24-11-7-22(4-2)8-12-24/h1-2,5-20H/b15-13-,16-14-. The first kappa shape index (κ1) is 17.1. The van der Waals surface area contributed by atoms with Crippen LogP contribution in [0.15, 0.2) is 72.8 Å². The van der Waals surface area contributed by atoms with Crippen LogP contribution in [-0.2, 0) is 0 Å². The van der Waals surface area contributed by atoms with Gasteiger partial charge in [-0.3, -0.25) is 0 Å². The van der Waals surface area contributed by atoms with Gasteiger partial charge in [0.1, 0.15) is 0 Å². The molecule has 3 rings (SSSR count). The van der Waals surface area contributed by atoms with Crippen LogP contribution in [0.5, 0.6) is 0 Å². The number of terminal acetylenes is 2. The predicted molar refractivity (Wildman–Crippen MR) is 113 cm³/mol. The summed E-state index contributed by atoms with van der Waals surface area (Å²) in [4.78, 5) is 0. The fraction of sp³-hybridized carbons (Fsp3) is 0. The van der Waals surface area contributed by atoms with Crippen molar-refractivity contribution in [3.63, 3.8) is 0 Å². The predicted octanol–water partition coefficient (Wildman–Crippen LogP) is 5.99. The van der Waals surface area contributed by atoms with Crippen molar-refractivity contribution in [3.05, 3.63) is 106 Å². The monoisotopic (exact) mass is 330 g/mol. The van der Waals surface area contributed by atoms with Gasteiger partial charge in [-0.15, -0.1) is 12.8 Å². The average molecular weight is 330 g/mol. The Kier molecular flexibility index (Phi) is 5.51. The van der Waals surface area contributed by atoms with Crippen molar-refractivity contribution >= 4 is 24.3 Å². The molecule has 0 amide bonds. The van der Waals surface area contributed by atoms with Crippen LogP contribution < -0.4 is 0 Å². The van der Waals surface area contributed by atoms with E-state index in [-0.39, 0.29) is 0 Å². The van der Waals surface area contributed by atoms with Gasteiger partial charge in [-0.1, -0.05) is 84.7 Å². The van der Waals surface area contributed by atoms with Crippen LogP contribution in [0.4, 0.5) is 0 Å². The molecule has 0 fully saturated rings. The maximum atomic E-state index is 5.37. The maximum Gasteiger partial charge on any atom is 0.0243 e. The highest BCUT2D eigenvalue weighted by molar-refractivity contribution is 5.73. The third kappa shape index (κ3) is 4.64. The molecule has 3 aromatic carbocycles. The van der Waals surface area contributed by atoms with E-state index >= 15 is 0 Å². The molecule has 0 aromatic heterocycles. The highest BCUT2D eigenvalue weighted by atomic mass is 14.0. The van der Waals surface area contributed by atoms with Crippen molar-refractivity contribution in [3.8, 4) is 24.7 Å². The molecule has 0 radical (unpaired) electrons. The second kappa shape index (κ2) is 8.39. The molecule has 0 N–H and O–H groups in total. The van der Waals surface area contributed by atoms with Gasteiger partial charge in [0.05, 0.1) is 0 Å². The van der Waals surface area contributed by atoms with Gasteiger partial charge in [0.2, 0.25) is 0 Å². The molecule has 0 heteroatoms. The minimum absolute atomic E-state index is 0.896. The minimum atomic E-state index is 0.896. The highest BCUT2D eigenvalue weighted by Crippen LogP contribution is 2.13. The van der Waals surface area contributed by atoms with Crippen LogP contribution in [-0.4, -0.2) is 0 Å². The van der Waals surface area contributed by atoms with Gasteiger partial charge in [0.15, 0.2) is 0 Å². The molecule has 0 heterocycles. The normalized spacial score (nSPS) is 10.7. The van der Waals surface area contributed by atoms with Crippen LogP contribution in [0.25, 0.3) is 24.3 Å². The molecule has 0 spiro atoms. The summed E-state index contributed by atoms with van der Waals surface area (Å²) >= 11 is 0. The molecule has 26 heavy (non-hydrogen) atoms. The van der Waals surface area contributed by atoms with E-state index < -0.39 is 0 Å². The van der Waals surface area contributed by atoms with Crippen molar-refractivity contribution in [2.24, 2.45) is 0 Å². The first-order valence-electron chi connectivity index (χ1n) is 8.36. The molecule has 0 aliphatic heterocycles. The van der Waals surface area contributed by atoms with Gasteiger partial charge >= 0.3 is 0 Å². The summed E-state index contributed by atoms with van der Waals surface area (Å²) in [6.45, 7) is 0. The van der Waals surface area contributed by atoms with Gasteiger partial charge < -0.3 is 0 Å². The van der Waals surface area contributed by atoms with E-state index in [1.54, 1.807) is 0 Å². The van der Waals surface area contributed by atoms with Crippen molar-refractivity contribution in [2.45, 2.75) is 0 Å². The molecule has 0 saturated carbocycles. The Bertz CT molecular complexity index is 911. The molecule has 0 saturated heterocycles. The highest BCUT2D eigenvalue weighted by Gasteiger charge is 1.92. The summed E-state index contributed by atoms with van der Waals surface area (Å²) in [5.41, 5.74) is 6.36. The Hall–Kier alpha value is -3.74. The van der Waals surface area contributed by atoms with Gasteiger partial charge in [-0.25, -0.2) is 0 Å². The summed E-state index contributed by atoms with van der Waals surface area (Å²) in [6.07, 6.45) is 19.1. The smallest absolute Gasteiger partial charge is 0.0243 e. The zero-order valence-corrected chi connectivity index (χ0v) is 14.4. The molecular weight excluding hydrogens is 312 g/mol. The van der Waals surface area contributed by atoms with Gasteiger partial charge in [-0.2, -0.15) is 0 Å². The lowest BCUT2D eigenvalue weighted by atomic mass is 10.1. The first-order chi connectivity index (χ1) is 12.8. The van der Waals surface area contributed by atoms with Gasteiger partial charge in [0.25, 0.3) is 0 Å². The quantitative estimate of drug-likeness (QED) is 0.407. The molecule has 122 valence electrons. The van der Waals surface area contributed by atoms with E-state index in [1.165, 1.54) is 0 Å². The summed E-state index contributed by atoms with van der Waals surface area (Å²) < 4.78 is 0. The van der Waals surface area contributed by atoms with Crippen molar-refractivity contribution in [2.75, 3.05) is 0 Å². The van der Waals surface area contributed by atoms with E-state index in [0.717, 1.165) is 33.4 Å². The zero-order chi connectivity index (χ0) is 18.2. The second-order valence-electron chi connectivity index (χ2n) is 5.87. The molecule has 0 atom stereocenters. The Labute approximate surface area is 155 Å². The largest absolute Gasteiger partial charge is 0.115 e. The fourth-order valence-corrected chi connectivity index (χ4v) is 2.48. The Morgan fingerprint density at radius 2 is 0.654 bits per heavy atom. The minimum Gasteiger partial charge on any atom is -0.115 e. The average Bonchev–Trinajstić information content (AvgIpc) is 2.72. The van der Waals surface area contributed by atoms with Gasteiger partial charge in [-0.05, 0) is 46.5 Å². The number of rotatable bonds is 4. The van der Waals surface area contributed by atoms with E-state index in [4.69, 9.17) is 12.8 Å². The number of benzene rings is 3. The molecule has 0 bridgehead atoms. The first-order valence-corrected chi connectivity index (χ1v) is 8.36. The lowest BCUT2D eigenvalue weighted by molar-refractivity contribution is 1.60. The van der Waals surface area contributed by atoms with Crippen LogP contribution >= 0.6 is 0 Å². The van der Waals surface area contributed by atoms with Crippen LogP contribution in [0.2, 0.25) is 0 Å². The molecule has 0 unspecified atom stereocenters. The lowest BCUT2D eigenvalue weighted by Gasteiger charge is -1.98. The zero-order valence-electron chi connectivity index (χ0n) is 14.4. The molecule has 0 aliphatic carbocycles. The summed E-state index contributed by atoms with van der Waals surface area (Å²) in [7, 11) is 0. The number of hydrogen-bond acceptors (Lipinski definition) is 0. The van der Waals surface area contributed by atoms with E-state index in [2.05, 4.69) is 60.4 Å².